The van der Waals surface area contributed by atoms with Crippen molar-refractivity contribution in [2.45, 2.75) is 53.0 Å². The summed E-state index contributed by atoms with van der Waals surface area (Å²) in [5, 5.41) is 6.89. The first-order valence-corrected chi connectivity index (χ1v) is 10.4. The molecule has 1 unspecified atom stereocenters. The Morgan fingerprint density at radius 3 is 2.58 bits per heavy atom. The van der Waals surface area contributed by atoms with Gasteiger partial charge in [0.1, 0.15) is 0 Å². The van der Waals surface area contributed by atoms with Gasteiger partial charge < -0.3 is 10.0 Å². The van der Waals surface area contributed by atoms with Crippen molar-refractivity contribution in [2.24, 2.45) is 11.3 Å². The molecule has 1 aromatic heterocycles. The molecular formula is C20H32N2O3S. The number of carbonyl (C=O) groups is 2. The number of thiophene rings is 1. The van der Waals surface area contributed by atoms with Crippen LogP contribution in [0.3, 0.4) is 0 Å². The second kappa shape index (κ2) is 9.51. The Balaban J connectivity index is 0.000000758. The molecule has 3 heterocycles. The summed E-state index contributed by atoms with van der Waals surface area (Å²) in [5.41, 5.74) is -0.0623. The van der Waals surface area contributed by atoms with Gasteiger partial charge in [0.2, 0.25) is 5.91 Å². The SMILES string of the molecule is CCCN1CCC2(CCN(Cc3ccc(CC(C)C)s3)C2)C1=O.O=CO. The molecule has 146 valence electrons. The van der Waals surface area contributed by atoms with E-state index in [0.717, 1.165) is 57.9 Å². The van der Waals surface area contributed by atoms with Crippen molar-refractivity contribution in [1.82, 2.24) is 9.80 Å². The summed E-state index contributed by atoms with van der Waals surface area (Å²) in [6.07, 6.45) is 4.36. The molecule has 1 spiro atoms. The summed E-state index contributed by atoms with van der Waals surface area (Å²) in [4.78, 5) is 28.6. The van der Waals surface area contributed by atoms with E-state index in [2.05, 4.69) is 42.7 Å². The lowest BCUT2D eigenvalue weighted by Crippen LogP contribution is -2.37. The quantitative estimate of drug-likeness (QED) is 0.768. The topological polar surface area (TPSA) is 60.9 Å². The van der Waals surface area contributed by atoms with Crippen LogP contribution in [0.25, 0.3) is 0 Å². The van der Waals surface area contributed by atoms with E-state index >= 15 is 0 Å². The van der Waals surface area contributed by atoms with Gasteiger partial charge >= 0.3 is 0 Å². The normalized spacial score (nSPS) is 22.9. The van der Waals surface area contributed by atoms with Crippen LogP contribution < -0.4 is 0 Å². The number of carboxylic acid groups (broad SMARTS) is 1. The first-order chi connectivity index (χ1) is 12.4. The lowest BCUT2D eigenvalue weighted by atomic mass is 9.85. The van der Waals surface area contributed by atoms with Gasteiger partial charge in [0.25, 0.3) is 6.47 Å². The molecule has 2 aliphatic rings. The van der Waals surface area contributed by atoms with Crippen LogP contribution in [0.5, 0.6) is 0 Å². The van der Waals surface area contributed by atoms with Crippen molar-refractivity contribution >= 4 is 23.7 Å². The minimum absolute atomic E-state index is 0.0623. The van der Waals surface area contributed by atoms with E-state index in [1.165, 1.54) is 16.2 Å². The van der Waals surface area contributed by atoms with E-state index in [0.29, 0.717) is 5.91 Å². The van der Waals surface area contributed by atoms with Crippen LogP contribution in [0, 0.1) is 11.3 Å². The van der Waals surface area contributed by atoms with E-state index in [9.17, 15) is 4.79 Å². The number of hydrogen-bond acceptors (Lipinski definition) is 4. The fraction of sp³-hybridized carbons (Fsp3) is 0.700. The Morgan fingerprint density at radius 1 is 1.27 bits per heavy atom. The fourth-order valence-corrected chi connectivity index (χ4v) is 5.36. The maximum atomic E-state index is 12.7. The molecule has 1 aromatic rings. The summed E-state index contributed by atoms with van der Waals surface area (Å²) in [6, 6.07) is 4.57. The highest BCUT2D eigenvalue weighted by atomic mass is 32.1. The lowest BCUT2D eigenvalue weighted by Gasteiger charge is -2.23. The summed E-state index contributed by atoms with van der Waals surface area (Å²) >= 11 is 1.95. The third-order valence-corrected chi connectivity index (χ3v) is 6.33. The third-order valence-electron chi connectivity index (χ3n) is 5.23. The number of amides is 1. The van der Waals surface area contributed by atoms with Crippen LogP contribution in [-0.4, -0.2) is 53.5 Å². The van der Waals surface area contributed by atoms with Gasteiger partial charge in [0, 0.05) is 35.9 Å². The van der Waals surface area contributed by atoms with Crippen LogP contribution in [0.2, 0.25) is 0 Å². The Kier molecular flexibility index (Phi) is 7.65. The molecule has 3 rings (SSSR count). The third kappa shape index (κ3) is 5.07. The first-order valence-electron chi connectivity index (χ1n) is 9.61. The van der Waals surface area contributed by atoms with Crippen molar-refractivity contribution in [1.29, 1.82) is 0 Å². The van der Waals surface area contributed by atoms with Crippen molar-refractivity contribution in [3.8, 4) is 0 Å². The molecule has 2 fully saturated rings. The second-order valence-corrected chi connectivity index (χ2v) is 9.11. The molecule has 1 amide bonds. The van der Waals surface area contributed by atoms with E-state index < -0.39 is 0 Å². The van der Waals surface area contributed by atoms with Gasteiger partial charge in [-0.2, -0.15) is 0 Å². The summed E-state index contributed by atoms with van der Waals surface area (Å²) in [7, 11) is 0. The second-order valence-electron chi connectivity index (χ2n) is 7.85. The zero-order chi connectivity index (χ0) is 19.2. The summed E-state index contributed by atoms with van der Waals surface area (Å²) < 4.78 is 0. The van der Waals surface area contributed by atoms with Gasteiger partial charge in [-0.15, -0.1) is 11.3 Å². The zero-order valence-electron chi connectivity index (χ0n) is 16.2. The molecule has 6 heteroatoms. The average molecular weight is 381 g/mol. The van der Waals surface area contributed by atoms with Crippen molar-refractivity contribution in [3.63, 3.8) is 0 Å². The van der Waals surface area contributed by atoms with E-state index in [-0.39, 0.29) is 11.9 Å². The molecule has 2 saturated heterocycles. The molecule has 0 bridgehead atoms. The molecule has 26 heavy (non-hydrogen) atoms. The van der Waals surface area contributed by atoms with Gasteiger partial charge in [-0.05, 0) is 50.3 Å². The molecule has 2 aliphatic heterocycles. The minimum Gasteiger partial charge on any atom is -0.483 e. The molecule has 0 saturated carbocycles. The monoisotopic (exact) mass is 380 g/mol. The fourth-order valence-electron chi connectivity index (χ4n) is 4.09. The van der Waals surface area contributed by atoms with Crippen molar-refractivity contribution in [3.05, 3.63) is 21.9 Å². The molecule has 0 radical (unpaired) electrons. The standard InChI is InChI=1S/C19H30N2OS.CH2O2/c1-4-9-21-11-8-19(18(21)22)7-10-20(14-19)13-17-6-5-16(23-17)12-15(2)3;2-1-3/h5-6,15H,4,7-14H2,1-3H3;1H,(H,2,3). The van der Waals surface area contributed by atoms with Crippen LogP contribution in [-0.2, 0) is 22.6 Å². The van der Waals surface area contributed by atoms with Crippen molar-refractivity contribution in [2.75, 3.05) is 26.2 Å². The van der Waals surface area contributed by atoms with Gasteiger partial charge in [0.05, 0.1) is 5.41 Å². The van der Waals surface area contributed by atoms with Gasteiger partial charge in [0.15, 0.2) is 0 Å². The predicted molar refractivity (Wildman–Crippen MR) is 105 cm³/mol. The number of likely N-dealkylation sites (tertiary alicyclic amines) is 2. The Labute approximate surface area is 161 Å². The molecular weight excluding hydrogens is 348 g/mol. The highest BCUT2D eigenvalue weighted by Gasteiger charge is 2.50. The van der Waals surface area contributed by atoms with E-state index in [1.807, 2.05) is 11.3 Å². The lowest BCUT2D eigenvalue weighted by molar-refractivity contribution is -0.135. The molecule has 0 aromatic carbocycles. The van der Waals surface area contributed by atoms with Crippen molar-refractivity contribution < 1.29 is 14.7 Å². The molecule has 1 N–H and O–H groups in total. The van der Waals surface area contributed by atoms with Crippen LogP contribution >= 0.6 is 11.3 Å². The van der Waals surface area contributed by atoms with E-state index in [1.54, 1.807) is 0 Å². The van der Waals surface area contributed by atoms with Gasteiger partial charge in [-0.1, -0.05) is 20.8 Å². The first kappa shape index (κ1) is 20.9. The maximum absolute atomic E-state index is 12.7. The maximum Gasteiger partial charge on any atom is 0.290 e. The predicted octanol–water partition coefficient (Wildman–Crippen LogP) is 3.48. The Morgan fingerprint density at radius 2 is 1.92 bits per heavy atom. The van der Waals surface area contributed by atoms with Crippen LogP contribution in [0.4, 0.5) is 0 Å². The number of carbonyl (C=O) groups excluding carboxylic acids is 1. The highest BCUT2D eigenvalue weighted by molar-refractivity contribution is 7.11. The van der Waals surface area contributed by atoms with Crippen LogP contribution in [0.1, 0.15) is 49.8 Å². The number of hydrogen-bond donors (Lipinski definition) is 1. The number of rotatable bonds is 6. The highest BCUT2D eigenvalue weighted by Crippen LogP contribution is 2.41. The molecule has 1 atom stereocenters. The molecule has 5 nitrogen and oxygen atoms in total. The average Bonchev–Trinajstić information content (AvgIpc) is 3.26. The van der Waals surface area contributed by atoms with Gasteiger partial charge in [-0.3, -0.25) is 14.5 Å². The smallest absolute Gasteiger partial charge is 0.290 e. The molecule has 0 aliphatic carbocycles. The zero-order valence-corrected chi connectivity index (χ0v) is 17.1. The number of nitrogens with zero attached hydrogens (tertiary/aromatic N) is 2. The summed E-state index contributed by atoms with van der Waals surface area (Å²) in [5.74, 6) is 1.14. The van der Waals surface area contributed by atoms with E-state index in [4.69, 9.17) is 9.90 Å². The minimum atomic E-state index is -0.250. The van der Waals surface area contributed by atoms with Crippen LogP contribution in [0.15, 0.2) is 12.1 Å². The van der Waals surface area contributed by atoms with Gasteiger partial charge in [-0.25, -0.2) is 0 Å². The largest absolute Gasteiger partial charge is 0.483 e. The Bertz CT molecular complexity index is 602. The summed E-state index contributed by atoms with van der Waals surface area (Å²) in [6.45, 7) is 11.4. The Hall–Kier alpha value is -1.40.